The van der Waals surface area contributed by atoms with E-state index in [1.807, 2.05) is 30.3 Å². The van der Waals surface area contributed by atoms with Crippen LogP contribution in [0, 0.1) is 0 Å². The molecular weight excluding hydrogens is 455 g/mol. The van der Waals surface area contributed by atoms with Crippen LogP contribution in [0.4, 0.5) is 0 Å². The summed E-state index contributed by atoms with van der Waals surface area (Å²) in [6.45, 7) is 3.74. The molecule has 3 aromatic rings. The van der Waals surface area contributed by atoms with E-state index in [1.165, 1.54) is 11.3 Å². The van der Waals surface area contributed by atoms with Gasteiger partial charge in [0.25, 0.3) is 5.56 Å². The molecule has 2 aromatic carbocycles. The average Bonchev–Trinajstić information content (AvgIpc) is 3.05. The predicted octanol–water partition coefficient (Wildman–Crippen LogP) is 4.11. The number of nitrogens with zero attached hydrogens (tertiary/aromatic N) is 2. The summed E-state index contributed by atoms with van der Waals surface area (Å²) in [7, 11) is 0. The zero-order valence-corrected chi connectivity index (χ0v) is 19.1. The Labute approximate surface area is 192 Å². The van der Waals surface area contributed by atoms with Gasteiger partial charge >= 0.3 is 5.97 Å². The Morgan fingerprint density at radius 2 is 1.94 bits per heavy atom. The van der Waals surface area contributed by atoms with Crippen molar-refractivity contribution in [1.82, 2.24) is 4.57 Å². The highest BCUT2D eigenvalue weighted by Crippen LogP contribution is 2.30. The van der Waals surface area contributed by atoms with Crippen molar-refractivity contribution in [2.24, 2.45) is 4.99 Å². The second-order valence-electron chi connectivity index (χ2n) is 6.89. The second kappa shape index (κ2) is 8.83. The van der Waals surface area contributed by atoms with Crippen LogP contribution >= 0.6 is 34.5 Å². The molecule has 0 N–H and O–H groups in total. The summed E-state index contributed by atoms with van der Waals surface area (Å²) >= 11 is 13.4. The van der Waals surface area contributed by atoms with Gasteiger partial charge in [0.2, 0.25) is 0 Å². The van der Waals surface area contributed by atoms with Crippen molar-refractivity contribution >= 4 is 46.6 Å². The first kappa shape index (κ1) is 21.6. The normalized spacial score (nSPS) is 16.1. The summed E-state index contributed by atoms with van der Waals surface area (Å²) in [5.41, 5.74) is 2.22. The van der Waals surface area contributed by atoms with Crippen LogP contribution in [0.3, 0.4) is 0 Å². The Balaban J connectivity index is 1.95. The second-order valence-corrected chi connectivity index (χ2v) is 8.71. The lowest BCUT2D eigenvalue weighted by molar-refractivity contribution is -0.139. The standard InChI is InChI=1S/C23H18Cl2N2O3S/c1-3-30-22(29)19-13(2)26-23-27(20(19)15-7-5-4-6-8-15)21(28)18(31-23)12-14-9-10-16(24)17(25)11-14/h4-12,20H,3H2,1-2H3/b18-12+/t20-/m0/s1. The fraction of sp³-hybridized carbons (Fsp3) is 0.174. The number of ether oxygens (including phenoxy) is 1. The van der Waals surface area contributed by atoms with Crippen LogP contribution in [-0.2, 0) is 9.53 Å². The molecule has 5 nitrogen and oxygen atoms in total. The predicted molar refractivity (Wildman–Crippen MR) is 123 cm³/mol. The van der Waals surface area contributed by atoms with Crippen LogP contribution in [0.25, 0.3) is 6.08 Å². The first-order valence-corrected chi connectivity index (χ1v) is 11.2. The van der Waals surface area contributed by atoms with E-state index in [9.17, 15) is 9.59 Å². The van der Waals surface area contributed by atoms with Crippen molar-refractivity contribution in [3.8, 4) is 0 Å². The molecule has 31 heavy (non-hydrogen) atoms. The maximum atomic E-state index is 13.4. The smallest absolute Gasteiger partial charge is 0.338 e. The van der Waals surface area contributed by atoms with Gasteiger partial charge in [-0.05, 0) is 43.2 Å². The fourth-order valence-electron chi connectivity index (χ4n) is 3.50. The number of hydrogen-bond acceptors (Lipinski definition) is 5. The largest absolute Gasteiger partial charge is 0.463 e. The number of thiazole rings is 1. The van der Waals surface area contributed by atoms with E-state index in [2.05, 4.69) is 4.99 Å². The van der Waals surface area contributed by atoms with Gasteiger partial charge in [0.15, 0.2) is 4.80 Å². The lowest BCUT2D eigenvalue weighted by atomic mass is 9.96. The molecule has 0 radical (unpaired) electrons. The first-order chi connectivity index (χ1) is 14.9. The number of rotatable bonds is 4. The zero-order chi connectivity index (χ0) is 22.1. The van der Waals surface area contributed by atoms with Gasteiger partial charge in [0.05, 0.1) is 38.5 Å². The molecular formula is C23H18Cl2N2O3S. The molecule has 0 bridgehead atoms. The van der Waals surface area contributed by atoms with Gasteiger partial charge in [-0.2, -0.15) is 0 Å². The van der Waals surface area contributed by atoms with Crippen molar-refractivity contribution in [2.75, 3.05) is 6.61 Å². The summed E-state index contributed by atoms with van der Waals surface area (Å²) in [4.78, 5) is 31.3. The Kier molecular flexibility index (Phi) is 6.14. The number of fused-ring (bicyclic) bond motifs is 1. The van der Waals surface area contributed by atoms with Gasteiger partial charge in [0, 0.05) is 0 Å². The van der Waals surface area contributed by atoms with Gasteiger partial charge in [-0.15, -0.1) is 0 Å². The van der Waals surface area contributed by atoms with Crippen molar-refractivity contribution in [2.45, 2.75) is 19.9 Å². The van der Waals surface area contributed by atoms with E-state index in [-0.39, 0.29) is 12.2 Å². The molecule has 158 valence electrons. The van der Waals surface area contributed by atoms with Crippen molar-refractivity contribution in [3.05, 3.63) is 101 Å². The molecule has 0 saturated carbocycles. The Hall–Kier alpha value is -2.67. The van der Waals surface area contributed by atoms with Gasteiger partial charge in [-0.25, -0.2) is 9.79 Å². The number of halogens is 2. The van der Waals surface area contributed by atoms with Crippen LogP contribution in [0.15, 0.2) is 69.6 Å². The summed E-state index contributed by atoms with van der Waals surface area (Å²) in [6.07, 6.45) is 1.75. The lowest BCUT2D eigenvalue weighted by Gasteiger charge is -2.24. The molecule has 0 saturated heterocycles. The van der Waals surface area contributed by atoms with E-state index in [0.717, 1.165) is 11.1 Å². The maximum Gasteiger partial charge on any atom is 0.338 e. The molecule has 0 unspecified atom stereocenters. The number of carbonyl (C=O) groups excluding carboxylic acids is 1. The third-order valence-electron chi connectivity index (χ3n) is 4.87. The Morgan fingerprint density at radius 3 is 2.61 bits per heavy atom. The van der Waals surface area contributed by atoms with E-state index in [0.29, 0.717) is 30.6 Å². The van der Waals surface area contributed by atoms with Gasteiger partial charge in [-0.3, -0.25) is 9.36 Å². The monoisotopic (exact) mass is 472 g/mol. The molecule has 1 atom stereocenters. The van der Waals surface area contributed by atoms with Crippen LogP contribution in [0.2, 0.25) is 10.0 Å². The molecule has 4 rings (SSSR count). The molecule has 8 heteroatoms. The number of allylic oxidation sites excluding steroid dienone is 1. The Morgan fingerprint density at radius 1 is 1.19 bits per heavy atom. The minimum Gasteiger partial charge on any atom is -0.463 e. The number of aromatic nitrogens is 1. The number of carbonyl (C=O) groups is 1. The SMILES string of the molecule is CCOC(=O)C1=C(C)N=c2s/c(=C/c3ccc(Cl)c(Cl)c3)c(=O)n2[C@H]1c1ccccc1. The van der Waals surface area contributed by atoms with E-state index >= 15 is 0 Å². The molecule has 0 amide bonds. The van der Waals surface area contributed by atoms with Gasteiger partial charge in [-0.1, -0.05) is 70.9 Å². The quantitative estimate of drug-likeness (QED) is 0.536. The van der Waals surface area contributed by atoms with Crippen LogP contribution in [0.5, 0.6) is 0 Å². The average molecular weight is 473 g/mol. The van der Waals surface area contributed by atoms with E-state index in [4.69, 9.17) is 27.9 Å². The third kappa shape index (κ3) is 4.11. The lowest BCUT2D eigenvalue weighted by Crippen LogP contribution is -2.39. The molecule has 2 heterocycles. The summed E-state index contributed by atoms with van der Waals surface area (Å²) in [5.74, 6) is -0.476. The van der Waals surface area contributed by atoms with Crippen LogP contribution < -0.4 is 14.9 Å². The number of hydrogen-bond donors (Lipinski definition) is 0. The molecule has 1 aliphatic rings. The summed E-state index contributed by atoms with van der Waals surface area (Å²) < 4.78 is 7.32. The highest BCUT2D eigenvalue weighted by molar-refractivity contribution is 7.07. The first-order valence-electron chi connectivity index (χ1n) is 9.60. The molecule has 0 fully saturated rings. The number of benzene rings is 2. The minimum absolute atomic E-state index is 0.235. The fourth-order valence-corrected chi connectivity index (χ4v) is 4.85. The van der Waals surface area contributed by atoms with E-state index in [1.54, 1.807) is 42.7 Å². The molecule has 0 spiro atoms. The highest BCUT2D eigenvalue weighted by atomic mass is 35.5. The zero-order valence-electron chi connectivity index (χ0n) is 16.8. The maximum absolute atomic E-state index is 13.4. The van der Waals surface area contributed by atoms with Gasteiger partial charge < -0.3 is 4.74 Å². The van der Waals surface area contributed by atoms with Gasteiger partial charge in [0.1, 0.15) is 0 Å². The summed E-state index contributed by atoms with van der Waals surface area (Å²) in [5, 5.41) is 0.852. The van der Waals surface area contributed by atoms with Crippen LogP contribution in [0.1, 0.15) is 31.0 Å². The topological polar surface area (TPSA) is 60.7 Å². The Bertz CT molecular complexity index is 1370. The van der Waals surface area contributed by atoms with Crippen molar-refractivity contribution < 1.29 is 9.53 Å². The third-order valence-corrected chi connectivity index (χ3v) is 6.60. The van der Waals surface area contributed by atoms with Crippen LogP contribution in [-0.4, -0.2) is 17.1 Å². The molecule has 1 aliphatic heterocycles. The van der Waals surface area contributed by atoms with Crippen molar-refractivity contribution in [3.63, 3.8) is 0 Å². The molecule has 0 aliphatic carbocycles. The highest BCUT2D eigenvalue weighted by Gasteiger charge is 2.33. The summed E-state index contributed by atoms with van der Waals surface area (Å²) in [6, 6.07) is 14.0. The minimum atomic E-state index is -0.618. The molecule has 1 aromatic heterocycles. The number of esters is 1. The van der Waals surface area contributed by atoms with Crippen molar-refractivity contribution in [1.29, 1.82) is 0 Å². The van der Waals surface area contributed by atoms with E-state index < -0.39 is 12.0 Å².